The number of para-hydroxylation sites is 1. The normalized spacial score (nSPS) is 23.8. The summed E-state index contributed by atoms with van der Waals surface area (Å²) in [7, 11) is 0. The summed E-state index contributed by atoms with van der Waals surface area (Å²) in [6.45, 7) is 1.39. The van der Waals surface area contributed by atoms with Crippen LogP contribution in [0, 0.1) is 5.92 Å². The highest BCUT2D eigenvalue weighted by atomic mass is 35.5. The molecule has 3 N–H and O–H groups in total. The molecule has 118 valence electrons. The van der Waals surface area contributed by atoms with E-state index in [1.807, 2.05) is 12.1 Å². The lowest BCUT2D eigenvalue weighted by atomic mass is 9.86. The largest absolute Gasteiger partial charge is 0.489 e. The molecule has 1 aliphatic carbocycles. The molecule has 1 saturated carbocycles. The first-order chi connectivity index (χ1) is 10.2. The molecule has 1 aromatic rings. The van der Waals surface area contributed by atoms with Gasteiger partial charge in [0.25, 0.3) is 0 Å². The van der Waals surface area contributed by atoms with Crippen LogP contribution < -0.4 is 10.1 Å². The first-order valence-corrected chi connectivity index (χ1v) is 7.99. The van der Waals surface area contributed by atoms with Gasteiger partial charge in [0.15, 0.2) is 0 Å². The van der Waals surface area contributed by atoms with Crippen LogP contribution in [0.15, 0.2) is 24.3 Å². The van der Waals surface area contributed by atoms with E-state index >= 15 is 0 Å². The van der Waals surface area contributed by atoms with E-state index in [1.54, 1.807) is 12.1 Å². The van der Waals surface area contributed by atoms with Gasteiger partial charge in [0, 0.05) is 13.1 Å². The Balaban J connectivity index is 1.63. The van der Waals surface area contributed by atoms with Gasteiger partial charge in [-0.2, -0.15) is 0 Å². The van der Waals surface area contributed by atoms with Crippen molar-refractivity contribution in [1.82, 2.24) is 5.32 Å². The highest BCUT2D eigenvalue weighted by Crippen LogP contribution is 2.24. The predicted molar refractivity (Wildman–Crippen MR) is 83.8 cm³/mol. The maximum Gasteiger partial charge on any atom is 0.138 e. The van der Waals surface area contributed by atoms with E-state index in [1.165, 1.54) is 6.42 Å². The number of nitrogens with one attached hydrogen (secondary N) is 1. The maximum absolute atomic E-state index is 9.90. The molecule has 0 radical (unpaired) electrons. The lowest BCUT2D eigenvalue weighted by Crippen LogP contribution is -2.38. The van der Waals surface area contributed by atoms with E-state index in [-0.39, 0.29) is 12.7 Å². The zero-order valence-corrected chi connectivity index (χ0v) is 12.9. The molecule has 0 amide bonds. The molecule has 21 heavy (non-hydrogen) atoms. The van der Waals surface area contributed by atoms with E-state index in [4.69, 9.17) is 16.3 Å². The van der Waals surface area contributed by atoms with Crippen molar-refractivity contribution < 1.29 is 14.9 Å². The maximum atomic E-state index is 9.90. The van der Waals surface area contributed by atoms with Crippen molar-refractivity contribution in [2.75, 3.05) is 19.7 Å². The number of ether oxygens (including phenoxy) is 1. The highest BCUT2D eigenvalue weighted by Gasteiger charge is 2.22. The number of benzene rings is 1. The Hall–Kier alpha value is -0.810. The molecule has 0 aromatic heterocycles. The van der Waals surface area contributed by atoms with Gasteiger partial charge < -0.3 is 20.3 Å². The van der Waals surface area contributed by atoms with Gasteiger partial charge in [-0.1, -0.05) is 36.6 Å². The number of rotatable bonds is 7. The van der Waals surface area contributed by atoms with E-state index in [0.29, 0.717) is 23.2 Å². The molecule has 3 unspecified atom stereocenters. The molecule has 0 aliphatic heterocycles. The van der Waals surface area contributed by atoms with Crippen molar-refractivity contribution in [3.05, 3.63) is 29.3 Å². The van der Waals surface area contributed by atoms with Crippen LogP contribution in [-0.4, -0.2) is 42.1 Å². The van der Waals surface area contributed by atoms with Crippen LogP contribution in [0.4, 0.5) is 0 Å². The molecule has 2 rings (SSSR count). The third-order valence-corrected chi connectivity index (χ3v) is 4.24. The highest BCUT2D eigenvalue weighted by molar-refractivity contribution is 6.32. The minimum absolute atomic E-state index is 0.198. The van der Waals surface area contributed by atoms with Gasteiger partial charge in [0.2, 0.25) is 0 Å². The Morgan fingerprint density at radius 1 is 1.29 bits per heavy atom. The molecular formula is C16H24ClNO3. The fourth-order valence-corrected chi connectivity index (χ4v) is 2.86. The Morgan fingerprint density at radius 3 is 2.81 bits per heavy atom. The van der Waals surface area contributed by atoms with Crippen molar-refractivity contribution in [3.8, 4) is 5.75 Å². The molecule has 1 aliphatic rings. The van der Waals surface area contributed by atoms with Crippen LogP contribution in [0.3, 0.4) is 0 Å². The van der Waals surface area contributed by atoms with Crippen LogP contribution in [-0.2, 0) is 0 Å². The Kier molecular flexibility index (Phi) is 6.77. The first-order valence-electron chi connectivity index (χ1n) is 7.61. The standard InChI is InChI=1S/C16H24ClNO3/c17-14-6-2-4-8-16(14)21-11-13(19)10-18-9-12-5-1-3-7-15(12)20/h2,4,6,8,12-13,15,18-20H,1,3,5,7,9-11H2. The molecule has 0 bridgehead atoms. The van der Waals surface area contributed by atoms with Crippen molar-refractivity contribution >= 4 is 11.6 Å². The van der Waals surface area contributed by atoms with Gasteiger partial charge in [0.05, 0.1) is 11.1 Å². The fourth-order valence-electron chi connectivity index (χ4n) is 2.67. The van der Waals surface area contributed by atoms with E-state index in [9.17, 15) is 10.2 Å². The fraction of sp³-hybridized carbons (Fsp3) is 0.625. The van der Waals surface area contributed by atoms with Crippen molar-refractivity contribution in [3.63, 3.8) is 0 Å². The monoisotopic (exact) mass is 313 g/mol. The first kappa shape index (κ1) is 16.6. The van der Waals surface area contributed by atoms with Crippen LogP contribution >= 0.6 is 11.6 Å². The van der Waals surface area contributed by atoms with Crippen molar-refractivity contribution in [1.29, 1.82) is 0 Å². The molecule has 4 nitrogen and oxygen atoms in total. The van der Waals surface area contributed by atoms with E-state index < -0.39 is 6.10 Å². The number of halogens is 1. The van der Waals surface area contributed by atoms with Gasteiger partial charge >= 0.3 is 0 Å². The second kappa shape index (κ2) is 8.59. The van der Waals surface area contributed by atoms with Gasteiger partial charge in [0.1, 0.15) is 18.5 Å². The molecular weight excluding hydrogens is 290 g/mol. The van der Waals surface area contributed by atoms with Gasteiger partial charge in [-0.3, -0.25) is 0 Å². The Morgan fingerprint density at radius 2 is 2.05 bits per heavy atom. The Bertz CT molecular complexity index is 430. The molecule has 0 spiro atoms. The Labute approximate surface area is 131 Å². The van der Waals surface area contributed by atoms with Crippen LogP contribution in [0.2, 0.25) is 5.02 Å². The third kappa shape index (κ3) is 5.47. The van der Waals surface area contributed by atoms with Crippen molar-refractivity contribution in [2.45, 2.75) is 37.9 Å². The molecule has 5 heteroatoms. The minimum Gasteiger partial charge on any atom is -0.489 e. The molecule has 0 saturated heterocycles. The van der Waals surface area contributed by atoms with E-state index in [2.05, 4.69) is 5.32 Å². The van der Waals surface area contributed by atoms with Gasteiger partial charge in [-0.05, 0) is 30.9 Å². The molecule has 1 aromatic carbocycles. The molecule has 3 atom stereocenters. The predicted octanol–water partition coefficient (Wildman–Crippen LogP) is 2.22. The number of hydrogen-bond donors (Lipinski definition) is 3. The number of hydrogen-bond acceptors (Lipinski definition) is 4. The average molecular weight is 314 g/mol. The molecule has 1 fully saturated rings. The van der Waals surface area contributed by atoms with Gasteiger partial charge in [-0.25, -0.2) is 0 Å². The van der Waals surface area contributed by atoms with Crippen molar-refractivity contribution in [2.24, 2.45) is 5.92 Å². The summed E-state index contributed by atoms with van der Waals surface area (Å²) < 4.78 is 5.49. The second-order valence-electron chi connectivity index (χ2n) is 5.67. The number of aliphatic hydroxyl groups is 2. The average Bonchev–Trinajstić information content (AvgIpc) is 2.48. The quantitative estimate of drug-likeness (QED) is 0.722. The summed E-state index contributed by atoms with van der Waals surface area (Å²) >= 11 is 5.98. The van der Waals surface area contributed by atoms with Gasteiger partial charge in [-0.15, -0.1) is 0 Å². The van der Waals surface area contributed by atoms with Crippen LogP contribution in [0.1, 0.15) is 25.7 Å². The minimum atomic E-state index is -0.595. The summed E-state index contributed by atoms with van der Waals surface area (Å²) in [5.74, 6) is 0.886. The zero-order valence-electron chi connectivity index (χ0n) is 12.2. The van der Waals surface area contributed by atoms with Crippen LogP contribution in [0.25, 0.3) is 0 Å². The smallest absolute Gasteiger partial charge is 0.138 e. The van der Waals surface area contributed by atoms with E-state index in [0.717, 1.165) is 25.8 Å². The third-order valence-electron chi connectivity index (χ3n) is 3.92. The lowest BCUT2D eigenvalue weighted by Gasteiger charge is -2.28. The SMILES string of the molecule is OC(CNCC1CCCCC1O)COc1ccccc1Cl. The summed E-state index contributed by atoms with van der Waals surface area (Å²) in [5.41, 5.74) is 0. The zero-order chi connectivity index (χ0) is 15.1. The van der Waals surface area contributed by atoms with Crippen LogP contribution in [0.5, 0.6) is 5.75 Å². The lowest BCUT2D eigenvalue weighted by molar-refractivity contribution is 0.0635. The second-order valence-corrected chi connectivity index (χ2v) is 6.07. The topological polar surface area (TPSA) is 61.7 Å². The number of aliphatic hydroxyl groups excluding tert-OH is 2. The summed E-state index contributed by atoms with van der Waals surface area (Å²) in [5, 5.41) is 23.5. The molecule has 0 heterocycles. The summed E-state index contributed by atoms with van der Waals surface area (Å²) in [4.78, 5) is 0. The summed E-state index contributed by atoms with van der Waals surface area (Å²) in [6.07, 6.45) is 3.45. The summed E-state index contributed by atoms with van der Waals surface area (Å²) in [6, 6.07) is 7.21.